The maximum atomic E-state index is 13.3. The van der Waals surface area contributed by atoms with Crippen LogP contribution in [0.15, 0.2) is 53.4 Å². The van der Waals surface area contributed by atoms with Gasteiger partial charge in [0.05, 0.1) is 17.7 Å². The molecule has 1 fully saturated rings. The molecule has 8 heteroatoms. The van der Waals surface area contributed by atoms with E-state index in [1.807, 2.05) is 30.3 Å². The summed E-state index contributed by atoms with van der Waals surface area (Å²) in [5.74, 6) is 0.371. The van der Waals surface area contributed by atoms with Crippen molar-refractivity contribution in [2.75, 3.05) is 25.0 Å². The number of benzene rings is 2. The van der Waals surface area contributed by atoms with Crippen LogP contribution >= 0.6 is 0 Å². The van der Waals surface area contributed by atoms with Gasteiger partial charge in [-0.1, -0.05) is 32.0 Å². The molecule has 0 radical (unpaired) electrons. The molecule has 0 unspecified atom stereocenters. The Morgan fingerprint density at radius 3 is 2.48 bits per heavy atom. The number of carbonyl (C=O) groups is 1. The summed E-state index contributed by atoms with van der Waals surface area (Å²) in [6, 6.07) is 14.2. The maximum absolute atomic E-state index is 13.3. The van der Waals surface area contributed by atoms with Crippen molar-refractivity contribution in [1.82, 2.24) is 9.29 Å². The second-order valence-electron chi connectivity index (χ2n) is 8.02. The number of nitrogens with one attached hydrogen (secondary N) is 1. The first-order chi connectivity index (χ1) is 15.9. The number of anilines is 1. The van der Waals surface area contributed by atoms with Gasteiger partial charge in [-0.25, -0.2) is 8.42 Å². The van der Waals surface area contributed by atoms with Gasteiger partial charge in [-0.15, -0.1) is 0 Å². The highest BCUT2D eigenvalue weighted by Gasteiger charge is 2.28. The van der Waals surface area contributed by atoms with Gasteiger partial charge in [0.15, 0.2) is 0 Å². The van der Waals surface area contributed by atoms with Crippen LogP contribution in [0.25, 0.3) is 10.9 Å². The van der Waals surface area contributed by atoms with E-state index in [2.05, 4.69) is 5.32 Å². The average Bonchev–Trinajstić information content (AvgIpc) is 3.65. The summed E-state index contributed by atoms with van der Waals surface area (Å²) in [6.07, 6.45) is 2.16. The molecule has 0 aliphatic heterocycles. The van der Waals surface area contributed by atoms with Gasteiger partial charge >= 0.3 is 0 Å². The molecular weight excluding hydrogens is 438 g/mol. The highest BCUT2D eigenvalue weighted by atomic mass is 32.2. The summed E-state index contributed by atoms with van der Waals surface area (Å²) < 4.78 is 33.4. The zero-order valence-corrected chi connectivity index (χ0v) is 20.0. The van der Waals surface area contributed by atoms with E-state index >= 15 is 0 Å². The third-order valence-electron chi connectivity index (χ3n) is 5.80. The quantitative estimate of drug-likeness (QED) is 0.489. The van der Waals surface area contributed by atoms with Gasteiger partial charge in [0, 0.05) is 35.8 Å². The monoisotopic (exact) mass is 467 g/mol. The minimum Gasteiger partial charge on any atom is -0.492 e. The molecule has 1 aliphatic rings. The molecule has 1 N–H and O–H groups in total. The lowest BCUT2D eigenvalue weighted by Gasteiger charge is -2.21. The predicted octanol–water partition coefficient (Wildman–Crippen LogP) is 4.79. The van der Waals surface area contributed by atoms with Gasteiger partial charge in [-0.05, 0) is 50.1 Å². The largest absolute Gasteiger partial charge is 0.492 e. The number of hydrogen-bond acceptors (Lipinski definition) is 5. The number of amides is 1. The Bertz CT molecular complexity index is 1280. The molecule has 0 spiro atoms. The van der Waals surface area contributed by atoms with Crippen molar-refractivity contribution in [2.45, 2.75) is 44.4 Å². The zero-order chi connectivity index (χ0) is 23.6. The standard InChI is InChI=1S/C25H29N3O4S/c1-4-28(5-2)33(30,31)24-15-18(13-14-23(24)32-6-3)26-25(29)20-16-22(17-11-12-17)27-21-10-8-7-9-19(20)21/h7-10,13-17H,4-6,11-12H2,1-3H3,(H,26,29). The second-order valence-corrected chi connectivity index (χ2v) is 9.93. The molecule has 174 valence electrons. The summed E-state index contributed by atoms with van der Waals surface area (Å²) in [5.41, 5.74) is 2.63. The van der Waals surface area contributed by atoms with E-state index in [0.29, 0.717) is 36.9 Å². The number of carbonyl (C=O) groups excluding carboxylic acids is 1. The van der Waals surface area contributed by atoms with Gasteiger partial charge in [-0.2, -0.15) is 4.31 Å². The number of aromatic nitrogens is 1. The number of sulfonamides is 1. The number of hydrogen-bond donors (Lipinski definition) is 1. The third kappa shape index (κ3) is 4.72. The zero-order valence-electron chi connectivity index (χ0n) is 19.2. The Morgan fingerprint density at radius 1 is 1.09 bits per heavy atom. The van der Waals surface area contributed by atoms with Crippen molar-refractivity contribution < 1.29 is 17.9 Å². The molecule has 1 aromatic heterocycles. The Labute approximate surface area is 194 Å². The highest BCUT2D eigenvalue weighted by molar-refractivity contribution is 7.89. The average molecular weight is 468 g/mol. The molecule has 3 aromatic rings. The van der Waals surface area contributed by atoms with Gasteiger partial charge < -0.3 is 10.1 Å². The fourth-order valence-electron chi connectivity index (χ4n) is 3.94. The summed E-state index contributed by atoms with van der Waals surface area (Å²) in [5, 5.41) is 3.65. The minimum absolute atomic E-state index is 0.0455. The van der Waals surface area contributed by atoms with Gasteiger partial charge in [-0.3, -0.25) is 9.78 Å². The number of nitrogens with zero attached hydrogens (tertiary/aromatic N) is 2. The van der Waals surface area contributed by atoms with Gasteiger partial charge in [0.2, 0.25) is 10.0 Å². The van der Waals surface area contributed by atoms with Crippen molar-refractivity contribution in [3.63, 3.8) is 0 Å². The number of ether oxygens (including phenoxy) is 1. The predicted molar refractivity (Wildman–Crippen MR) is 129 cm³/mol. The van der Waals surface area contributed by atoms with E-state index in [4.69, 9.17) is 9.72 Å². The molecule has 1 heterocycles. The topological polar surface area (TPSA) is 88.6 Å². The Balaban J connectivity index is 1.72. The van der Waals surface area contributed by atoms with Crippen LogP contribution < -0.4 is 10.1 Å². The molecule has 0 atom stereocenters. The molecule has 7 nitrogen and oxygen atoms in total. The molecular formula is C25H29N3O4S. The molecule has 1 saturated carbocycles. The molecule has 0 bridgehead atoms. The molecule has 4 rings (SSSR count). The normalized spacial score (nSPS) is 13.9. The molecule has 33 heavy (non-hydrogen) atoms. The van der Waals surface area contributed by atoms with Crippen LogP contribution in [-0.4, -0.2) is 43.3 Å². The molecule has 2 aromatic carbocycles. The van der Waals surface area contributed by atoms with Crippen molar-refractivity contribution >= 4 is 32.5 Å². The number of fused-ring (bicyclic) bond motifs is 1. The van der Waals surface area contributed by atoms with E-state index in [9.17, 15) is 13.2 Å². The first-order valence-electron chi connectivity index (χ1n) is 11.4. The summed E-state index contributed by atoms with van der Waals surface area (Å²) in [6.45, 7) is 6.40. The Kier molecular flexibility index (Phi) is 6.67. The lowest BCUT2D eigenvalue weighted by Crippen LogP contribution is -2.31. The lowest BCUT2D eigenvalue weighted by atomic mass is 10.1. The molecule has 1 amide bonds. The summed E-state index contributed by atoms with van der Waals surface area (Å²) >= 11 is 0. The van der Waals surface area contributed by atoms with Crippen LogP contribution in [0.4, 0.5) is 5.69 Å². The van der Waals surface area contributed by atoms with E-state index in [1.54, 1.807) is 32.9 Å². The van der Waals surface area contributed by atoms with E-state index in [-0.39, 0.29) is 16.6 Å². The highest BCUT2D eigenvalue weighted by Crippen LogP contribution is 2.40. The van der Waals surface area contributed by atoms with E-state index in [0.717, 1.165) is 29.4 Å². The lowest BCUT2D eigenvalue weighted by molar-refractivity contribution is 0.102. The van der Waals surface area contributed by atoms with Gasteiger partial charge in [0.1, 0.15) is 10.6 Å². The van der Waals surface area contributed by atoms with Crippen LogP contribution in [0, 0.1) is 0 Å². The van der Waals surface area contributed by atoms with E-state index < -0.39 is 10.0 Å². The van der Waals surface area contributed by atoms with Crippen molar-refractivity contribution in [1.29, 1.82) is 0 Å². The summed E-state index contributed by atoms with van der Waals surface area (Å²) in [7, 11) is -3.77. The van der Waals surface area contributed by atoms with Crippen molar-refractivity contribution in [3.05, 3.63) is 59.8 Å². The second kappa shape index (κ2) is 9.49. The minimum atomic E-state index is -3.77. The fraction of sp³-hybridized carbons (Fsp3) is 0.360. The van der Waals surface area contributed by atoms with Crippen LogP contribution in [0.5, 0.6) is 5.75 Å². The van der Waals surface area contributed by atoms with Crippen molar-refractivity contribution in [2.24, 2.45) is 0 Å². The fourth-order valence-corrected chi connectivity index (χ4v) is 5.55. The van der Waals surface area contributed by atoms with Crippen LogP contribution in [0.1, 0.15) is 55.6 Å². The first-order valence-corrected chi connectivity index (χ1v) is 12.8. The number of rotatable bonds is 9. The smallest absolute Gasteiger partial charge is 0.256 e. The maximum Gasteiger partial charge on any atom is 0.256 e. The van der Waals surface area contributed by atoms with E-state index in [1.165, 1.54) is 10.4 Å². The Hall–Kier alpha value is -2.97. The molecule has 1 aliphatic carbocycles. The number of pyridine rings is 1. The first kappa shape index (κ1) is 23.2. The molecule has 0 saturated heterocycles. The van der Waals surface area contributed by atoms with Crippen molar-refractivity contribution in [3.8, 4) is 5.75 Å². The van der Waals surface area contributed by atoms with Crippen LogP contribution in [0.2, 0.25) is 0 Å². The van der Waals surface area contributed by atoms with Gasteiger partial charge in [0.25, 0.3) is 5.91 Å². The van der Waals surface area contributed by atoms with Crippen LogP contribution in [0.3, 0.4) is 0 Å². The SMILES string of the molecule is CCOc1ccc(NC(=O)c2cc(C3CC3)nc3ccccc23)cc1S(=O)(=O)N(CC)CC. The number of para-hydroxylation sites is 1. The Morgan fingerprint density at radius 2 is 1.82 bits per heavy atom. The van der Waals surface area contributed by atoms with Crippen LogP contribution in [-0.2, 0) is 10.0 Å². The third-order valence-corrected chi connectivity index (χ3v) is 7.87. The summed E-state index contributed by atoms with van der Waals surface area (Å²) in [4.78, 5) is 18.1.